The Morgan fingerprint density at radius 1 is 1.45 bits per heavy atom. The van der Waals surface area contributed by atoms with Crippen LogP contribution in [0, 0.1) is 0 Å². The molecule has 1 aromatic carbocycles. The van der Waals surface area contributed by atoms with Gasteiger partial charge in [-0.3, -0.25) is 9.59 Å². The van der Waals surface area contributed by atoms with Crippen LogP contribution < -0.4 is 4.90 Å². The van der Waals surface area contributed by atoms with Gasteiger partial charge in [-0.25, -0.2) is 0 Å². The van der Waals surface area contributed by atoms with Crippen molar-refractivity contribution in [3.05, 3.63) is 28.2 Å². The highest BCUT2D eigenvalue weighted by molar-refractivity contribution is 9.10. The van der Waals surface area contributed by atoms with Crippen molar-refractivity contribution in [1.82, 2.24) is 4.90 Å². The fourth-order valence-electron chi connectivity index (χ4n) is 3.09. The van der Waals surface area contributed by atoms with Gasteiger partial charge in [0, 0.05) is 29.2 Å². The highest BCUT2D eigenvalue weighted by Gasteiger charge is 2.33. The molecule has 2 aliphatic heterocycles. The first-order valence-electron chi connectivity index (χ1n) is 6.94. The average Bonchev–Trinajstić information content (AvgIpc) is 2.92. The molecular weight excluding hydrogens is 320 g/mol. The highest BCUT2D eigenvalue weighted by atomic mass is 79.9. The largest absolute Gasteiger partial charge is 0.333 e. The molecule has 0 unspecified atom stereocenters. The summed E-state index contributed by atoms with van der Waals surface area (Å²) in [4.78, 5) is 27.7. The predicted molar refractivity (Wildman–Crippen MR) is 80.6 cm³/mol. The normalized spacial score (nSPS) is 21.5. The molecule has 0 spiro atoms. The van der Waals surface area contributed by atoms with Crippen LogP contribution in [-0.2, 0) is 16.0 Å². The second-order valence-corrected chi connectivity index (χ2v) is 6.42. The second-order valence-electron chi connectivity index (χ2n) is 5.51. The Kier molecular flexibility index (Phi) is 3.54. The zero-order chi connectivity index (χ0) is 14.3. The molecule has 0 aliphatic carbocycles. The molecule has 2 aliphatic rings. The van der Waals surface area contributed by atoms with Crippen LogP contribution in [0.3, 0.4) is 0 Å². The molecule has 20 heavy (non-hydrogen) atoms. The van der Waals surface area contributed by atoms with Gasteiger partial charge < -0.3 is 9.80 Å². The lowest BCUT2D eigenvalue weighted by molar-refractivity contribution is -0.132. The number of hydrogen-bond donors (Lipinski definition) is 0. The maximum absolute atomic E-state index is 12.5. The third-order valence-electron chi connectivity index (χ3n) is 4.02. The van der Waals surface area contributed by atoms with Crippen molar-refractivity contribution in [2.75, 3.05) is 18.0 Å². The zero-order valence-electron chi connectivity index (χ0n) is 11.4. The lowest BCUT2D eigenvalue weighted by Gasteiger charge is -2.25. The number of rotatable bonds is 2. The Balaban J connectivity index is 1.80. The first kappa shape index (κ1) is 13.6. The topological polar surface area (TPSA) is 40.6 Å². The third kappa shape index (κ3) is 2.35. The Hall–Kier alpha value is -1.36. The summed E-state index contributed by atoms with van der Waals surface area (Å²) < 4.78 is 1.03. The van der Waals surface area contributed by atoms with Gasteiger partial charge in [0.25, 0.3) is 0 Å². The van der Waals surface area contributed by atoms with E-state index in [0.717, 1.165) is 23.0 Å². The summed E-state index contributed by atoms with van der Waals surface area (Å²) in [5.41, 5.74) is 2.17. The van der Waals surface area contributed by atoms with Crippen LogP contribution in [0.5, 0.6) is 0 Å². The molecule has 0 N–H and O–H groups in total. The number of nitrogens with zero attached hydrogens (tertiary/aromatic N) is 2. The van der Waals surface area contributed by atoms with E-state index >= 15 is 0 Å². The van der Waals surface area contributed by atoms with Crippen molar-refractivity contribution in [2.24, 2.45) is 0 Å². The maximum atomic E-state index is 12.5. The molecule has 0 radical (unpaired) electrons. The van der Waals surface area contributed by atoms with E-state index in [1.165, 1.54) is 5.56 Å². The number of fused-ring (bicyclic) bond motifs is 1. The van der Waals surface area contributed by atoms with Crippen molar-refractivity contribution in [2.45, 2.75) is 32.2 Å². The van der Waals surface area contributed by atoms with E-state index < -0.39 is 0 Å². The molecule has 4 nitrogen and oxygen atoms in total. The first-order valence-corrected chi connectivity index (χ1v) is 7.74. The number of hydrogen-bond acceptors (Lipinski definition) is 2. The molecule has 2 amide bonds. The zero-order valence-corrected chi connectivity index (χ0v) is 13.0. The van der Waals surface area contributed by atoms with E-state index in [-0.39, 0.29) is 24.4 Å². The molecule has 1 fully saturated rings. The van der Waals surface area contributed by atoms with Crippen LogP contribution in [0.2, 0.25) is 0 Å². The van der Waals surface area contributed by atoms with Gasteiger partial charge >= 0.3 is 0 Å². The minimum absolute atomic E-state index is 0.0221. The van der Waals surface area contributed by atoms with Crippen LogP contribution in [0.15, 0.2) is 22.7 Å². The summed E-state index contributed by atoms with van der Waals surface area (Å²) >= 11 is 3.46. The van der Waals surface area contributed by atoms with Gasteiger partial charge in [0.2, 0.25) is 11.8 Å². The van der Waals surface area contributed by atoms with E-state index in [1.54, 1.807) is 4.90 Å². The lowest BCUT2D eigenvalue weighted by Crippen LogP contribution is -2.43. The minimum atomic E-state index is 0.0221. The van der Waals surface area contributed by atoms with Crippen LogP contribution >= 0.6 is 15.9 Å². The first-order chi connectivity index (χ1) is 9.56. The van der Waals surface area contributed by atoms with Gasteiger partial charge in [-0.05, 0) is 43.5 Å². The highest BCUT2D eigenvalue weighted by Crippen LogP contribution is 2.34. The van der Waals surface area contributed by atoms with Gasteiger partial charge in [-0.1, -0.05) is 15.9 Å². The fourth-order valence-corrected chi connectivity index (χ4v) is 3.50. The van der Waals surface area contributed by atoms with Crippen molar-refractivity contribution >= 4 is 33.4 Å². The summed E-state index contributed by atoms with van der Waals surface area (Å²) in [6.07, 6.45) is 2.31. The van der Waals surface area contributed by atoms with Gasteiger partial charge in [0.05, 0.1) is 0 Å². The van der Waals surface area contributed by atoms with Gasteiger partial charge in [0.15, 0.2) is 0 Å². The van der Waals surface area contributed by atoms with Crippen molar-refractivity contribution in [3.63, 3.8) is 0 Å². The van der Waals surface area contributed by atoms with Gasteiger partial charge in [-0.15, -0.1) is 0 Å². The number of likely N-dealkylation sites (tertiary alicyclic amines) is 1. The Labute approximate surface area is 126 Å². The molecule has 0 saturated carbocycles. The Bertz CT molecular complexity index is 573. The van der Waals surface area contributed by atoms with E-state index in [4.69, 9.17) is 0 Å². The average molecular weight is 337 g/mol. The number of anilines is 1. The fraction of sp³-hybridized carbons (Fsp3) is 0.467. The van der Waals surface area contributed by atoms with Crippen LogP contribution in [0.4, 0.5) is 5.69 Å². The molecule has 106 valence electrons. The number of halogens is 1. The van der Waals surface area contributed by atoms with Gasteiger partial charge in [-0.2, -0.15) is 0 Å². The molecule has 0 aromatic heterocycles. The van der Waals surface area contributed by atoms with Crippen LogP contribution in [0.1, 0.15) is 25.3 Å². The van der Waals surface area contributed by atoms with E-state index in [0.29, 0.717) is 13.0 Å². The maximum Gasteiger partial charge on any atom is 0.246 e. The Morgan fingerprint density at radius 2 is 2.25 bits per heavy atom. The van der Waals surface area contributed by atoms with Crippen LogP contribution in [0.25, 0.3) is 0 Å². The number of amides is 2. The third-order valence-corrected chi connectivity index (χ3v) is 4.52. The smallest absolute Gasteiger partial charge is 0.246 e. The summed E-state index contributed by atoms with van der Waals surface area (Å²) in [5.74, 6) is 0.120. The summed E-state index contributed by atoms with van der Waals surface area (Å²) in [5, 5.41) is 0. The molecule has 1 aromatic rings. The monoisotopic (exact) mass is 336 g/mol. The quantitative estimate of drug-likeness (QED) is 0.831. The summed E-state index contributed by atoms with van der Waals surface area (Å²) in [7, 11) is 0. The van der Waals surface area contributed by atoms with E-state index in [1.807, 2.05) is 17.0 Å². The molecule has 0 bridgehead atoms. The predicted octanol–water partition coefficient (Wildman–Crippen LogP) is 2.35. The van der Waals surface area contributed by atoms with E-state index in [9.17, 15) is 9.59 Å². The number of carbonyl (C=O) groups excluding carboxylic acids is 2. The molecule has 1 atom stereocenters. The van der Waals surface area contributed by atoms with E-state index in [2.05, 4.69) is 28.9 Å². The summed E-state index contributed by atoms with van der Waals surface area (Å²) in [6.45, 7) is 2.97. The molecule has 3 rings (SSSR count). The Morgan fingerprint density at radius 3 is 2.95 bits per heavy atom. The molecule has 1 saturated heterocycles. The second kappa shape index (κ2) is 5.20. The molecule has 5 heteroatoms. The standard InChI is InChI=1S/C15H17BrN2O2/c1-10-7-11-8-12(16)4-5-13(11)18(10)15(20)9-17-6-2-3-14(17)19/h4-5,8,10H,2-3,6-7,9H2,1H3/t10-/m1/s1. The van der Waals surface area contributed by atoms with Gasteiger partial charge in [0.1, 0.15) is 6.54 Å². The number of carbonyl (C=O) groups is 2. The number of benzene rings is 1. The lowest BCUT2D eigenvalue weighted by atomic mass is 10.1. The van der Waals surface area contributed by atoms with Crippen molar-refractivity contribution in [3.8, 4) is 0 Å². The van der Waals surface area contributed by atoms with Crippen molar-refractivity contribution in [1.29, 1.82) is 0 Å². The van der Waals surface area contributed by atoms with Crippen molar-refractivity contribution < 1.29 is 9.59 Å². The minimum Gasteiger partial charge on any atom is -0.333 e. The summed E-state index contributed by atoms with van der Waals surface area (Å²) in [6, 6.07) is 6.16. The SMILES string of the molecule is C[C@@H]1Cc2cc(Br)ccc2N1C(=O)CN1CCCC1=O. The van der Waals surface area contributed by atoms with Crippen LogP contribution in [-0.4, -0.2) is 35.8 Å². The molecule has 2 heterocycles. The molecular formula is C15H17BrN2O2.